The van der Waals surface area contributed by atoms with Gasteiger partial charge in [0.25, 0.3) is 0 Å². The summed E-state index contributed by atoms with van der Waals surface area (Å²) in [6, 6.07) is 5.92. The summed E-state index contributed by atoms with van der Waals surface area (Å²) >= 11 is 0. The highest BCUT2D eigenvalue weighted by Gasteiger charge is 2.12. The molecule has 2 heteroatoms. The Bertz CT molecular complexity index is 320. The minimum atomic E-state index is -0.0244. The lowest BCUT2D eigenvalue weighted by Crippen LogP contribution is -2.12. The van der Waals surface area contributed by atoms with Crippen molar-refractivity contribution in [1.82, 2.24) is 0 Å². The maximum absolute atomic E-state index is 6.03. The van der Waals surface area contributed by atoms with Gasteiger partial charge in [-0.1, -0.05) is 18.2 Å². The molecule has 0 aliphatic carbocycles. The van der Waals surface area contributed by atoms with Crippen LogP contribution in [0.3, 0.4) is 0 Å². The van der Waals surface area contributed by atoms with Gasteiger partial charge in [0.1, 0.15) is 5.75 Å². The van der Waals surface area contributed by atoms with E-state index < -0.39 is 0 Å². The lowest BCUT2D eigenvalue weighted by Gasteiger charge is -2.16. The van der Waals surface area contributed by atoms with Crippen molar-refractivity contribution in [3.63, 3.8) is 0 Å². The first-order valence-corrected chi connectivity index (χ1v) is 4.70. The Labute approximate surface area is 85.4 Å². The summed E-state index contributed by atoms with van der Waals surface area (Å²) in [6.07, 6.45) is 2.60. The van der Waals surface area contributed by atoms with Crippen LogP contribution in [-0.2, 0) is 0 Å². The third-order valence-electron chi connectivity index (χ3n) is 2.30. The van der Waals surface area contributed by atoms with Gasteiger partial charge in [-0.25, -0.2) is 0 Å². The molecule has 0 fully saturated rings. The van der Waals surface area contributed by atoms with Crippen LogP contribution in [0.2, 0.25) is 0 Å². The van der Waals surface area contributed by atoms with Gasteiger partial charge in [0.2, 0.25) is 0 Å². The molecule has 1 atom stereocenters. The van der Waals surface area contributed by atoms with Crippen molar-refractivity contribution in [2.75, 3.05) is 7.11 Å². The van der Waals surface area contributed by atoms with Crippen LogP contribution in [-0.4, -0.2) is 7.11 Å². The summed E-state index contributed by atoms with van der Waals surface area (Å²) in [5, 5.41) is 0. The number of hydrogen-bond acceptors (Lipinski definition) is 2. The van der Waals surface area contributed by atoms with Gasteiger partial charge >= 0.3 is 0 Å². The third-order valence-corrected chi connectivity index (χ3v) is 2.30. The van der Waals surface area contributed by atoms with Gasteiger partial charge in [-0.2, -0.15) is 0 Å². The van der Waals surface area contributed by atoms with Crippen LogP contribution < -0.4 is 10.5 Å². The molecule has 0 saturated heterocycles. The van der Waals surface area contributed by atoms with Gasteiger partial charge in [-0.3, -0.25) is 0 Å². The summed E-state index contributed by atoms with van der Waals surface area (Å²) < 4.78 is 5.28. The smallest absolute Gasteiger partial charge is 0.123 e. The summed E-state index contributed by atoms with van der Waals surface area (Å²) in [4.78, 5) is 0. The Morgan fingerprint density at radius 2 is 2.29 bits per heavy atom. The van der Waals surface area contributed by atoms with E-state index in [0.717, 1.165) is 17.7 Å². The van der Waals surface area contributed by atoms with E-state index in [0.29, 0.717) is 0 Å². The number of methoxy groups -OCH3 is 1. The fourth-order valence-corrected chi connectivity index (χ4v) is 1.60. The molecule has 0 aliphatic heterocycles. The van der Waals surface area contributed by atoms with Gasteiger partial charge in [0, 0.05) is 11.6 Å². The predicted octanol–water partition coefficient (Wildman–Crippen LogP) is 2.58. The van der Waals surface area contributed by atoms with Crippen molar-refractivity contribution in [3.05, 3.63) is 42.0 Å². The predicted molar refractivity (Wildman–Crippen MR) is 59.5 cm³/mol. The quantitative estimate of drug-likeness (QED) is 0.742. The largest absolute Gasteiger partial charge is 0.496 e. The van der Waals surface area contributed by atoms with Crippen molar-refractivity contribution in [2.24, 2.45) is 5.73 Å². The second kappa shape index (κ2) is 4.82. The standard InChI is InChI=1S/C12H17NO/c1-4-6-10(13)12-9(2)7-5-8-11(12)14-3/h4-5,7-8,10H,1,6,13H2,2-3H3. The Balaban J connectivity index is 3.09. The molecule has 1 aromatic rings. The molecule has 76 valence electrons. The average molecular weight is 191 g/mol. The first kappa shape index (κ1) is 10.8. The summed E-state index contributed by atoms with van der Waals surface area (Å²) in [5.41, 5.74) is 8.28. The van der Waals surface area contributed by atoms with Gasteiger partial charge in [-0.15, -0.1) is 6.58 Å². The second-order valence-electron chi connectivity index (χ2n) is 3.32. The normalized spacial score (nSPS) is 12.2. The Hall–Kier alpha value is -1.28. The fraction of sp³-hybridized carbons (Fsp3) is 0.333. The zero-order chi connectivity index (χ0) is 10.6. The molecular weight excluding hydrogens is 174 g/mol. The zero-order valence-electron chi connectivity index (χ0n) is 8.79. The minimum absolute atomic E-state index is 0.0244. The van der Waals surface area contributed by atoms with Gasteiger partial charge in [0.05, 0.1) is 7.11 Å². The maximum Gasteiger partial charge on any atom is 0.123 e. The van der Waals surface area contributed by atoms with Crippen LogP contribution in [0.4, 0.5) is 0 Å². The van der Waals surface area contributed by atoms with Crippen LogP contribution in [0, 0.1) is 6.92 Å². The first-order valence-electron chi connectivity index (χ1n) is 4.70. The molecule has 1 unspecified atom stereocenters. The Kier molecular flexibility index (Phi) is 3.72. The Morgan fingerprint density at radius 1 is 1.57 bits per heavy atom. The van der Waals surface area contributed by atoms with E-state index in [9.17, 15) is 0 Å². The van der Waals surface area contributed by atoms with E-state index in [1.165, 1.54) is 5.56 Å². The number of benzene rings is 1. The first-order chi connectivity index (χ1) is 6.70. The molecule has 2 N–H and O–H groups in total. The fourth-order valence-electron chi connectivity index (χ4n) is 1.60. The van der Waals surface area contributed by atoms with Crippen molar-refractivity contribution in [2.45, 2.75) is 19.4 Å². The van der Waals surface area contributed by atoms with E-state index in [4.69, 9.17) is 10.5 Å². The van der Waals surface area contributed by atoms with Crippen LogP contribution >= 0.6 is 0 Å². The highest BCUT2D eigenvalue weighted by Crippen LogP contribution is 2.28. The van der Waals surface area contributed by atoms with E-state index in [2.05, 4.69) is 6.58 Å². The number of aryl methyl sites for hydroxylation is 1. The van der Waals surface area contributed by atoms with Gasteiger partial charge in [-0.05, 0) is 25.0 Å². The van der Waals surface area contributed by atoms with Crippen molar-refractivity contribution in [1.29, 1.82) is 0 Å². The van der Waals surface area contributed by atoms with Crippen molar-refractivity contribution < 1.29 is 4.74 Å². The van der Waals surface area contributed by atoms with E-state index in [1.54, 1.807) is 7.11 Å². The number of ether oxygens (including phenoxy) is 1. The average Bonchev–Trinajstić information content (AvgIpc) is 2.17. The molecule has 0 saturated carbocycles. The molecule has 0 aliphatic rings. The van der Waals surface area contributed by atoms with Gasteiger partial charge in [0.15, 0.2) is 0 Å². The number of nitrogens with two attached hydrogens (primary N) is 1. The highest BCUT2D eigenvalue weighted by molar-refractivity contribution is 5.41. The number of rotatable bonds is 4. The molecule has 1 rings (SSSR count). The van der Waals surface area contributed by atoms with E-state index in [1.807, 2.05) is 31.2 Å². The highest BCUT2D eigenvalue weighted by atomic mass is 16.5. The third kappa shape index (κ3) is 2.15. The molecular formula is C12H17NO. The number of hydrogen-bond donors (Lipinski definition) is 1. The van der Waals surface area contributed by atoms with Gasteiger partial charge < -0.3 is 10.5 Å². The summed E-state index contributed by atoms with van der Waals surface area (Å²) in [5.74, 6) is 0.861. The molecule has 2 nitrogen and oxygen atoms in total. The van der Waals surface area contributed by atoms with Crippen LogP contribution in [0.1, 0.15) is 23.6 Å². The molecule has 0 radical (unpaired) electrons. The topological polar surface area (TPSA) is 35.2 Å². The zero-order valence-corrected chi connectivity index (χ0v) is 8.79. The maximum atomic E-state index is 6.03. The van der Waals surface area contributed by atoms with E-state index >= 15 is 0 Å². The van der Waals surface area contributed by atoms with Crippen molar-refractivity contribution >= 4 is 0 Å². The van der Waals surface area contributed by atoms with Crippen LogP contribution in [0.15, 0.2) is 30.9 Å². The Morgan fingerprint density at radius 3 is 2.86 bits per heavy atom. The van der Waals surface area contributed by atoms with Crippen molar-refractivity contribution in [3.8, 4) is 5.75 Å². The molecule has 14 heavy (non-hydrogen) atoms. The molecule has 0 bridgehead atoms. The summed E-state index contributed by atoms with van der Waals surface area (Å²) in [7, 11) is 1.67. The monoisotopic (exact) mass is 191 g/mol. The van der Waals surface area contributed by atoms with Crippen LogP contribution in [0.25, 0.3) is 0 Å². The van der Waals surface area contributed by atoms with Crippen LogP contribution in [0.5, 0.6) is 5.75 Å². The lowest BCUT2D eigenvalue weighted by molar-refractivity contribution is 0.405. The second-order valence-corrected chi connectivity index (χ2v) is 3.32. The molecule has 0 amide bonds. The SMILES string of the molecule is C=CCC(N)c1c(C)cccc1OC. The summed E-state index contributed by atoms with van der Waals surface area (Å²) in [6.45, 7) is 5.73. The molecule has 0 aromatic heterocycles. The lowest BCUT2D eigenvalue weighted by atomic mass is 9.98. The molecule has 1 aromatic carbocycles. The molecule has 0 spiro atoms. The molecule has 0 heterocycles. The minimum Gasteiger partial charge on any atom is -0.496 e. The van der Waals surface area contributed by atoms with E-state index in [-0.39, 0.29) is 6.04 Å².